The molecule has 4 aromatic rings. The van der Waals surface area contributed by atoms with Crippen LogP contribution < -0.4 is 20.5 Å². The molecule has 0 aliphatic carbocycles. The molecular formula is C29H20Cl2F2N2O5S2. The summed E-state index contributed by atoms with van der Waals surface area (Å²) in [5.41, 5.74) is 4.77. The van der Waals surface area contributed by atoms with Gasteiger partial charge in [-0.1, -0.05) is 53.5 Å². The summed E-state index contributed by atoms with van der Waals surface area (Å²) in [6.07, 6.45) is 1.17. The molecule has 2 heterocycles. The van der Waals surface area contributed by atoms with Gasteiger partial charge >= 0.3 is 5.97 Å². The maximum absolute atomic E-state index is 15.5. The van der Waals surface area contributed by atoms with Gasteiger partial charge in [0.25, 0.3) is 5.56 Å². The zero-order chi connectivity index (χ0) is 30.3. The Balaban J connectivity index is 1.99. The van der Waals surface area contributed by atoms with Gasteiger partial charge in [-0.25, -0.2) is 22.0 Å². The lowest BCUT2D eigenvalue weighted by molar-refractivity contribution is -0.136. The zero-order valence-electron chi connectivity index (χ0n) is 21.6. The molecule has 1 aliphatic rings. The smallest absolute Gasteiger partial charge is 0.338 e. The number of hydrogen-bond donors (Lipinski definition) is 1. The van der Waals surface area contributed by atoms with Crippen molar-refractivity contribution in [2.24, 2.45) is 5.73 Å². The number of aromatic nitrogens is 1. The minimum atomic E-state index is -4.59. The molecule has 0 amide bonds. The predicted octanol–water partition coefficient (Wildman–Crippen LogP) is 4.39. The van der Waals surface area contributed by atoms with Crippen LogP contribution in [0.25, 0.3) is 17.5 Å². The molecule has 13 heteroatoms. The first-order chi connectivity index (χ1) is 20.0. The number of carbonyl (C=O) groups is 1. The number of carbonyl (C=O) groups excluding carboxylic acids is 1. The second-order valence-electron chi connectivity index (χ2n) is 8.96. The highest BCUT2D eigenvalue weighted by Gasteiger charge is 2.44. The van der Waals surface area contributed by atoms with Crippen LogP contribution in [-0.4, -0.2) is 25.6 Å². The van der Waals surface area contributed by atoms with E-state index in [-0.39, 0.29) is 47.4 Å². The minimum Gasteiger partial charge on any atom is -0.463 e. The van der Waals surface area contributed by atoms with Gasteiger partial charge in [0.15, 0.2) is 0 Å². The van der Waals surface area contributed by atoms with Gasteiger partial charge in [-0.15, -0.1) is 11.3 Å². The van der Waals surface area contributed by atoms with E-state index in [1.807, 2.05) is 0 Å². The summed E-state index contributed by atoms with van der Waals surface area (Å²) >= 11 is 13.3. The fraction of sp³-hybridized carbons (Fsp3) is 0.103. The van der Waals surface area contributed by atoms with Gasteiger partial charge in [0.05, 0.1) is 32.5 Å². The predicted molar refractivity (Wildman–Crippen MR) is 158 cm³/mol. The zero-order valence-corrected chi connectivity index (χ0v) is 24.8. The van der Waals surface area contributed by atoms with Gasteiger partial charge < -0.3 is 10.5 Å². The summed E-state index contributed by atoms with van der Waals surface area (Å²) in [6.45, 7) is 1.40. The average molecular weight is 650 g/mol. The van der Waals surface area contributed by atoms with E-state index in [4.69, 9.17) is 33.7 Å². The first kappa shape index (κ1) is 29.7. The second kappa shape index (κ2) is 11.5. The van der Waals surface area contributed by atoms with Crippen LogP contribution in [-0.2, 0) is 19.4 Å². The van der Waals surface area contributed by atoms with E-state index in [2.05, 4.69) is 0 Å². The van der Waals surface area contributed by atoms with Crippen LogP contribution in [0.5, 0.6) is 0 Å². The number of sulfone groups is 1. The number of hydrogen-bond acceptors (Lipinski definition) is 7. The van der Waals surface area contributed by atoms with E-state index in [0.29, 0.717) is 11.3 Å². The standard InChI is InChI=1S/C29H20Cl2F2N2O5S2/c1-2-40-29(37)24-23(22-18(31)11-7-13-20(22)33)25(42(38,39)15-8-4-3-5-9-15)26(34)35-27(36)21(41-28(24)35)14-16-17(30)10-6-12-19(16)32/h3-14,23H,2,34H2,1H3/b21-14-/t23-/m0/s1. The van der Waals surface area contributed by atoms with Crippen LogP contribution in [0.3, 0.4) is 0 Å². The number of esters is 1. The van der Waals surface area contributed by atoms with Crippen LogP contribution in [0.4, 0.5) is 8.78 Å². The summed E-state index contributed by atoms with van der Waals surface area (Å²) in [6, 6.07) is 14.8. The lowest BCUT2D eigenvalue weighted by Crippen LogP contribution is -2.41. The highest BCUT2D eigenvalue weighted by Crippen LogP contribution is 2.45. The van der Waals surface area contributed by atoms with Crippen molar-refractivity contribution in [2.45, 2.75) is 17.7 Å². The SMILES string of the molecule is CCOC(=O)C1=c2s/c(=C\c3c(F)cccc3Cl)c(=O)n2C(N)=C(S(=O)(=O)c2ccccc2)[C@H]1c1c(F)cccc1Cl. The molecule has 2 N–H and O–H groups in total. The number of allylic oxidation sites excluding steroid dienone is 1. The summed E-state index contributed by atoms with van der Waals surface area (Å²) < 4.78 is 64.4. The molecule has 0 radical (unpaired) electrons. The Labute approximate surface area is 252 Å². The first-order valence-electron chi connectivity index (χ1n) is 12.3. The summed E-state index contributed by atoms with van der Waals surface area (Å²) in [4.78, 5) is 26.5. The number of nitrogens with zero attached hydrogens (tertiary/aromatic N) is 1. The third kappa shape index (κ3) is 4.96. The van der Waals surface area contributed by atoms with Crippen molar-refractivity contribution >= 4 is 67.8 Å². The van der Waals surface area contributed by atoms with Gasteiger partial charge in [-0.05, 0) is 49.4 Å². The molecule has 216 valence electrons. The van der Waals surface area contributed by atoms with E-state index < -0.39 is 49.6 Å². The fourth-order valence-corrected chi connectivity index (χ4v) is 7.99. The molecule has 1 atom stereocenters. The Bertz CT molecular complexity index is 2030. The number of thiazole rings is 1. The molecule has 42 heavy (non-hydrogen) atoms. The number of fused-ring (bicyclic) bond motifs is 1. The van der Waals surface area contributed by atoms with E-state index >= 15 is 4.39 Å². The third-order valence-electron chi connectivity index (χ3n) is 6.50. The van der Waals surface area contributed by atoms with Crippen molar-refractivity contribution in [3.8, 4) is 0 Å². The molecule has 7 nitrogen and oxygen atoms in total. The minimum absolute atomic E-state index is 0.00670. The lowest BCUT2D eigenvalue weighted by Gasteiger charge is -2.28. The molecule has 3 aromatic carbocycles. The Hall–Kier alpha value is -3.77. The summed E-state index contributed by atoms with van der Waals surface area (Å²) in [7, 11) is -4.59. The van der Waals surface area contributed by atoms with Crippen LogP contribution in [0.15, 0.2) is 81.3 Å². The van der Waals surface area contributed by atoms with E-state index in [0.717, 1.165) is 16.7 Å². The third-order valence-corrected chi connectivity index (χ3v) is 10.2. The van der Waals surface area contributed by atoms with Crippen molar-refractivity contribution in [3.63, 3.8) is 0 Å². The molecule has 0 saturated carbocycles. The molecule has 1 aliphatic heterocycles. The summed E-state index contributed by atoms with van der Waals surface area (Å²) in [5, 5.41) is -0.181. The van der Waals surface area contributed by atoms with Gasteiger partial charge in [0.2, 0.25) is 9.84 Å². The quantitative estimate of drug-likeness (QED) is 0.311. The van der Waals surface area contributed by atoms with E-state index in [1.54, 1.807) is 6.07 Å². The van der Waals surface area contributed by atoms with E-state index in [1.165, 1.54) is 61.5 Å². The average Bonchev–Trinajstić information content (AvgIpc) is 3.27. The molecule has 1 aromatic heterocycles. The molecule has 0 fully saturated rings. The Morgan fingerprint density at radius 3 is 2.29 bits per heavy atom. The number of nitrogens with two attached hydrogens (primary N) is 1. The second-order valence-corrected chi connectivity index (χ2v) is 12.7. The van der Waals surface area contributed by atoms with Crippen LogP contribution >= 0.6 is 34.5 Å². The number of benzene rings is 3. The van der Waals surface area contributed by atoms with Gasteiger partial charge in [-0.3, -0.25) is 9.36 Å². The Morgan fingerprint density at radius 1 is 1.02 bits per heavy atom. The molecule has 0 bridgehead atoms. The first-order valence-corrected chi connectivity index (χ1v) is 15.4. The molecule has 0 spiro atoms. The van der Waals surface area contributed by atoms with Crippen molar-refractivity contribution in [2.75, 3.05) is 6.61 Å². The van der Waals surface area contributed by atoms with Crippen LogP contribution in [0, 0.1) is 11.6 Å². The van der Waals surface area contributed by atoms with Crippen molar-refractivity contribution in [1.29, 1.82) is 0 Å². The van der Waals surface area contributed by atoms with Crippen molar-refractivity contribution in [3.05, 3.63) is 124 Å². The van der Waals surface area contributed by atoms with Crippen molar-refractivity contribution in [1.82, 2.24) is 4.57 Å². The van der Waals surface area contributed by atoms with Crippen LogP contribution in [0.1, 0.15) is 24.0 Å². The topological polar surface area (TPSA) is 108 Å². The van der Waals surface area contributed by atoms with Crippen molar-refractivity contribution < 1.29 is 26.7 Å². The van der Waals surface area contributed by atoms with Gasteiger partial charge in [-0.2, -0.15) is 0 Å². The lowest BCUT2D eigenvalue weighted by atomic mass is 9.89. The Morgan fingerprint density at radius 2 is 1.67 bits per heavy atom. The maximum atomic E-state index is 15.5. The molecule has 0 saturated heterocycles. The molecule has 0 unspecified atom stereocenters. The fourth-order valence-electron chi connectivity index (χ4n) is 4.67. The molecule has 5 rings (SSSR count). The number of ether oxygens (including phenoxy) is 1. The maximum Gasteiger partial charge on any atom is 0.338 e. The van der Waals surface area contributed by atoms with Gasteiger partial charge in [0, 0.05) is 16.1 Å². The monoisotopic (exact) mass is 648 g/mol. The summed E-state index contributed by atoms with van der Waals surface area (Å²) in [5.74, 6) is -4.95. The van der Waals surface area contributed by atoms with Crippen LogP contribution in [0.2, 0.25) is 10.0 Å². The Kier molecular flexibility index (Phi) is 8.13. The highest BCUT2D eigenvalue weighted by atomic mass is 35.5. The highest BCUT2D eigenvalue weighted by molar-refractivity contribution is 7.95. The largest absolute Gasteiger partial charge is 0.463 e. The van der Waals surface area contributed by atoms with E-state index in [9.17, 15) is 22.4 Å². The number of rotatable bonds is 6. The number of halogens is 4. The normalized spacial score (nSPS) is 15.6. The molecular weight excluding hydrogens is 629 g/mol. The van der Waals surface area contributed by atoms with Gasteiger partial charge in [0.1, 0.15) is 27.0 Å².